The Balaban J connectivity index is 3.75. The van der Waals surface area contributed by atoms with Gasteiger partial charge in [0.1, 0.15) is 12.2 Å². The molecule has 4 unspecified atom stereocenters. The van der Waals surface area contributed by atoms with Crippen molar-refractivity contribution in [1.82, 2.24) is 5.32 Å². The Hall–Kier alpha value is -1.47. The predicted octanol–water partition coefficient (Wildman–Crippen LogP) is 11.3. The molecule has 300 valence electrons. The SMILES string of the molecule is CC/C=C\C/C=C\CCCCCCCCCCCCCCCC(O)C(=O)NC(CO)C(O)C(O)CCC/C=C/CCCCCCCCCCCC. The minimum absolute atomic E-state index is 0.362. The molecule has 51 heavy (non-hydrogen) atoms. The highest BCUT2D eigenvalue weighted by molar-refractivity contribution is 5.80. The molecule has 6 nitrogen and oxygen atoms in total. The van der Waals surface area contributed by atoms with Crippen molar-refractivity contribution in [1.29, 1.82) is 0 Å². The first-order chi connectivity index (χ1) is 25.0. The van der Waals surface area contributed by atoms with Crippen molar-refractivity contribution < 1.29 is 25.2 Å². The highest BCUT2D eigenvalue weighted by Crippen LogP contribution is 2.16. The quantitative estimate of drug-likeness (QED) is 0.0321. The summed E-state index contributed by atoms with van der Waals surface area (Å²) in [5.41, 5.74) is 0. The summed E-state index contributed by atoms with van der Waals surface area (Å²) in [5.74, 6) is -0.595. The van der Waals surface area contributed by atoms with Crippen molar-refractivity contribution in [3.63, 3.8) is 0 Å². The smallest absolute Gasteiger partial charge is 0.249 e. The minimum atomic E-state index is -1.28. The number of allylic oxidation sites excluding steroid dienone is 6. The van der Waals surface area contributed by atoms with Crippen molar-refractivity contribution in [3.8, 4) is 0 Å². The lowest BCUT2D eigenvalue weighted by Crippen LogP contribution is -2.53. The second-order valence-corrected chi connectivity index (χ2v) is 15.0. The number of hydrogen-bond acceptors (Lipinski definition) is 5. The molecule has 1 amide bonds. The summed E-state index contributed by atoms with van der Waals surface area (Å²) in [4.78, 5) is 12.5. The molecule has 0 aliphatic heterocycles. The van der Waals surface area contributed by atoms with Gasteiger partial charge in [-0.1, -0.05) is 185 Å². The molecular formula is C45H85NO5. The third kappa shape index (κ3) is 34.1. The van der Waals surface area contributed by atoms with Crippen LogP contribution >= 0.6 is 0 Å². The number of carbonyl (C=O) groups excluding carboxylic acids is 1. The number of aliphatic hydroxyl groups is 4. The number of carbonyl (C=O) groups is 1. The molecule has 0 spiro atoms. The Morgan fingerprint density at radius 2 is 0.922 bits per heavy atom. The van der Waals surface area contributed by atoms with Gasteiger partial charge in [-0.15, -0.1) is 0 Å². The van der Waals surface area contributed by atoms with E-state index in [4.69, 9.17) is 0 Å². The molecule has 0 aliphatic carbocycles. The summed E-state index contributed by atoms with van der Waals surface area (Å²) < 4.78 is 0. The van der Waals surface area contributed by atoms with E-state index in [-0.39, 0.29) is 0 Å². The van der Waals surface area contributed by atoms with E-state index in [1.807, 2.05) is 0 Å². The van der Waals surface area contributed by atoms with Gasteiger partial charge in [0.2, 0.25) is 5.91 Å². The molecule has 0 heterocycles. The summed E-state index contributed by atoms with van der Waals surface area (Å²) in [6.45, 7) is 3.93. The molecule has 0 fully saturated rings. The van der Waals surface area contributed by atoms with Crippen LogP contribution in [0.1, 0.15) is 213 Å². The second-order valence-electron chi connectivity index (χ2n) is 15.0. The second kappa shape index (κ2) is 39.7. The maximum atomic E-state index is 12.5. The van der Waals surface area contributed by atoms with Gasteiger partial charge >= 0.3 is 0 Å². The number of rotatable bonds is 39. The van der Waals surface area contributed by atoms with Gasteiger partial charge in [0.25, 0.3) is 0 Å². The molecular weight excluding hydrogens is 634 g/mol. The van der Waals surface area contributed by atoms with Gasteiger partial charge in [-0.3, -0.25) is 4.79 Å². The fourth-order valence-electron chi connectivity index (χ4n) is 6.62. The lowest BCUT2D eigenvalue weighted by Gasteiger charge is -2.27. The van der Waals surface area contributed by atoms with Crippen LogP contribution in [-0.2, 0) is 4.79 Å². The number of aliphatic hydroxyl groups excluding tert-OH is 4. The fraction of sp³-hybridized carbons (Fsp3) is 0.844. The summed E-state index contributed by atoms with van der Waals surface area (Å²) >= 11 is 0. The molecule has 0 aromatic carbocycles. The lowest BCUT2D eigenvalue weighted by molar-refractivity contribution is -0.132. The van der Waals surface area contributed by atoms with Crippen molar-refractivity contribution >= 4 is 5.91 Å². The summed E-state index contributed by atoms with van der Waals surface area (Å²) in [5, 5.41) is 43.6. The normalized spacial score (nSPS) is 14.5. The molecule has 6 heteroatoms. The molecule has 0 aromatic heterocycles. The molecule has 0 aliphatic rings. The Bertz CT molecular complexity index is 812. The van der Waals surface area contributed by atoms with Gasteiger partial charge in [0.05, 0.1) is 18.8 Å². The average molecular weight is 720 g/mol. The number of nitrogens with one attached hydrogen (secondary N) is 1. The summed E-state index contributed by atoms with van der Waals surface area (Å²) in [6, 6.07) is -1.00. The van der Waals surface area contributed by atoms with Crippen LogP contribution in [0.15, 0.2) is 36.5 Å². The molecule has 0 saturated heterocycles. The molecule has 0 aromatic rings. The third-order valence-corrected chi connectivity index (χ3v) is 10.1. The average Bonchev–Trinajstić information content (AvgIpc) is 3.13. The topological polar surface area (TPSA) is 110 Å². The number of hydrogen-bond donors (Lipinski definition) is 5. The largest absolute Gasteiger partial charge is 0.394 e. The van der Waals surface area contributed by atoms with E-state index in [1.54, 1.807) is 0 Å². The van der Waals surface area contributed by atoms with Crippen LogP contribution < -0.4 is 5.32 Å². The Kier molecular flexibility index (Phi) is 38.6. The van der Waals surface area contributed by atoms with E-state index >= 15 is 0 Å². The molecule has 4 atom stereocenters. The van der Waals surface area contributed by atoms with Crippen LogP contribution in [-0.4, -0.2) is 57.3 Å². The van der Waals surface area contributed by atoms with Crippen molar-refractivity contribution in [2.75, 3.05) is 6.61 Å². The molecule has 0 rings (SSSR count). The van der Waals surface area contributed by atoms with E-state index in [2.05, 4.69) is 55.6 Å². The van der Waals surface area contributed by atoms with E-state index < -0.39 is 36.9 Å². The van der Waals surface area contributed by atoms with Crippen LogP contribution in [0.2, 0.25) is 0 Å². The van der Waals surface area contributed by atoms with Gasteiger partial charge in [-0.25, -0.2) is 0 Å². The molecule has 0 saturated carbocycles. The number of amides is 1. The zero-order valence-corrected chi connectivity index (χ0v) is 33.6. The molecule has 5 N–H and O–H groups in total. The Morgan fingerprint density at radius 3 is 1.39 bits per heavy atom. The first-order valence-electron chi connectivity index (χ1n) is 21.9. The van der Waals surface area contributed by atoms with Crippen LogP contribution in [0.3, 0.4) is 0 Å². The lowest BCUT2D eigenvalue weighted by atomic mass is 10.00. The summed E-state index contributed by atoms with van der Waals surface area (Å²) in [7, 11) is 0. The first-order valence-corrected chi connectivity index (χ1v) is 21.9. The van der Waals surface area contributed by atoms with Crippen molar-refractivity contribution in [3.05, 3.63) is 36.5 Å². The summed E-state index contributed by atoms with van der Waals surface area (Å²) in [6.07, 6.45) is 46.0. The zero-order chi connectivity index (χ0) is 37.5. The van der Waals surface area contributed by atoms with Gasteiger partial charge in [-0.05, 0) is 64.2 Å². The molecule has 0 bridgehead atoms. The maximum absolute atomic E-state index is 12.5. The van der Waals surface area contributed by atoms with Gasteiger partial charge in [0.15, 0.2) is 0 Å². The number of unbranched alkanes of at least 4 members (excludes halogenated alkanes) is 24. The van der Waals surface area contributed by atoms with Crippen LogP contribution in [0.25, 0.3) is 0 Å². The van der Waals surface area contributed by atoms with E-state index in [9.17, 15) is 25.2 Å². The zero-order valence-electron chi connectivity index (χ0n) is 33.6. The monoisotopic (exact) mass is 720 g/mol. The van der Waals surface area contributed by atoms with E-state index in [0.29, 0.717) is 12.8 Å². The van der Waals surface area contributed by atoms with Crippen LogP contribution in [0.4, 0.5) is 0 Å². The highest BCUT2D eigenvalue weighted by Gasteiger charge is 2.28. The predicted molar refractivity (Wildman–Crippen MR) is 219 cm³/mol. The van der Waals surface area contributed by atoms with Gasteiger partial charge in [-0.2, -0.15) is 0 Å². The van der Waals surface area contributed by atoms with Crippen LogP contribution in [0.5, 0.6) is 0 Å². The van der Waals surface area contributed by atoms with Gasteiger partial charge < -0.3 is 25.7 Å². The first kappa shape index (κ1) is 49.5. The van der Waals surface area contributed by atoms with E-state index in [1.165, 1.54) is 135 Å². The van der Waals surface area contributed by atoms with E-state index in [0.717, 1.165) is 51.4 Å². The maximum Gasteiger partial charge on any atom is 0.249 e. The van der Waals surface area contributed by atoms with Crippen molar-refractivity contribution in [2.45, 2.75) is 237 Å². The fourth-order valence-corrected chi connectivity index (χ4v) is 6.62. The molecule has 0 radical (unpaired) electrons. The Labute approximate surface area is 316 Å². The minimum Gasteiger partial charge on any atom is -0.394 e. The van der Waals surface area contributed by atoms with Gasteiger partial charge in [0, 0.05) is 0 Å². The Morgan fingerprint density at radius 1 is 0.510 bits per heavy atom. The van der Waals surface area contributed by atoms with Crippen molar-refractivity contribution in [2.24, 2.45) is 0 Å². The highest BCUT2D eigenvalue weighted by atomic mass is 16.3. The third-order valence-electron chi connectivity index (χ3n) is 10.1. The van der Waals surface area contributed by atoms with Crippen LogP contribution in [0, 0.1) is 0 Å². The standard InChI is InChI=1S/C45H85NO5/c1-3-5-7-9-11-13-15-17-19-20-21-22-23-25-27-29-31-33-35-37-39-43(49)45(51)46-41(40-47)44(50)42(48)38-36-34-32-30-28-26-24-18-16-14-12-10-8-6-4-2/h5,7,11,13,30,32,41-44,47-50H,3-4,6,8-10,12,14-29,31,33-40H2,1-2H3,(H,46,51)/b7-5-,13-11-,32-30+.